The van der Waals surface area contributed by atoms with Gasteiger partial charge in [-0.3, -0.25) is 4.98 Å². The molecule has 17 heavy (non-hydrogen) atoms. The fraction of sp³-hybridized carbons (Fsp3) is 0.143. The highest BCUT2D eigenvalue weighted by atomic mass is 79.9. The summed E-state index contributed by atoms with van der Waals surface area (Å²) in [5.74, 6) is 0.0433. The molecule has 2 aromatic rings. The van der Waals surface area contributed by atoms with E-state index in [0.29, 0.717) is 6.42 Å². The summed E-state index contributed by atoms with van der Waals surface area (Å²) in [6.07, 6.45) is 3.16. The van der Waals surface area contributed by atoms with Crippen molar-refractivity contribution < 1.29 is 4.79 Å². The summed E-state index contributed by atoms with van der Waals surface area (Å²) in [5, 5.41) is 0. The summed E-state index contributed by atoms with van der Waals surface area (Å²) in [5.41, 5.74) is 2.04. The molecule has 0 aliphatic carbocycles. The Morgan fingerprint density at radius 2 is 1.94 bits per heavy atom. The molecule has 0 saturated carbocycles. The van der Waals surface area contributed by atoms with E-state index in [1.165, 1.54) is 0 Å². The Kier molecular flexibility index (Phi) is 4.04. The van der Waals surface area contributed by atoms with Crippen LogP contribution in [0.25, 0.3) is 0 Å². The predicted octanol–water partition coefficient (Wildman–Crippen LogP) is 3.57. The van der Waals surface area contributed by atoms with Crippen molar-refractivity contribution in [2.75, 3.05) is 0 Å². The molecule has 86 valence electrons. The molecule has 0 aliphatic rings. The zero-order valence-corrected chi connectivity index (χ0v) is 10.8. The number of hydrogen-bond donors (Lipinski definition) is 0. The molecule has 1 atom stereocenters. The van der Waals surface area contributed by atoms with Gasteiger partial charge in [0.2, 0.25) is 0 Å². The first-order valence-corrected chi connectivity index (χ1v) is 6.20. The lowest BCUT2D eigenvalue weighted by Gasteiger charge is -2.14. The zero-order chi connectivity index (χ0) is 12.1. The van der Waals surface area contributed by atoms with Crippen LogP contribution in [0.5, 0.6) is 0 Å². The van der Waals surface area contributed by atoms with E-state index < -0.39 is 0 Å². The lowest BCUT2D eigenvalue weighted by atomic mass is 9.93. The largest absolute Gasteiger partial charge is 0.303 e. The lowest BCUT2D eigenvalue weighted by Crippen LogP contribution is -2.03. The molecule has 3 heteroatoms. The molecule has 0 radical (unpaired) electrons. The number of benzene rings is 1. The molecule has 0 amide bonds. The highest BCUT2D eigenvalue weighted by Crippen LogP contribution is 2.26. The molecule has 0 spiro atoms. The molecule has 2 nitrogen and oxygen atoms in total. The lowest BCUT2D eigenvalue weighted by molar-refractivity contribution is -0.108. The SMILES string of the molecule is O=CCC(c1ccc(Br)cc1)c1ccccn1. The van der Waals surface area contributed by atoms with E-state index in [1.54, 1.807) is 6.20 Å². The topological polar surface area (TPSA) is 30.0 Å². The van der Waals surface area contributed by atoms with Crippen molar-refractivity contribution in [3.8, 4) is 0 Å². The summed E-state index contributed by atoms with van der Waals surface area (Å²) >= 11 is 3.40. The van der Waals surface area contributed by atoms with Gasteiger partial charge in [-0.15, -0.1) is 0 Å². The van der Waals surface area contributed by atoms with E-state index in [4.69, 9.17) is 0 Å². The first-order valence-electron chi connectivity index (χ1n) is 5.41. The maximum absolute atomic E-state index is 10.8. The third-order valence-corrected chi connectivity index (χ3v) is 3.18. The molecular weight excluding hydrogens is 278 g/mol. The number of carbonyl (C=O) groups is 1. The minimum Gasteiger partial charge on any atom is -0.303 e. The van der Waals surface area contributed by atoms with E-state index >= 15 is 0 Å². The van der Waals surface area contributed by atoms with Crippen molar-refractivity contribution in [1.29, 1.82) is 0 Å². The molecule has 1 aromatic carbocycles. The van der Waals surface area contributed by atoms with Gasteiger partial charge >= 0.3 is 0 Å². The van der Waals surface area contributed by atoms with Gasteiger partial charge in [0.15, 0.2) is 0 Å². The van der Waals surface area contributed by atoms with Gasteiger partial charge in [-0.25, -0.2) is 0 Å². The molecular formula is C14H12BrNO. The number of hydrogen-bond acceptors (Lipinski definition) is 2. The Balaban J connectivity index is 2.35. The Hall–Kier alpha value is -1.48. The quantitative estimate of drug-likeness (QED) is 0.806. The van der Waals surface area contributed by atoms with Crippen LogP contribution in [0.4, 0.5) is 0 Å². The van der Waals surface area contributed by atoms with Crippen LogP contribution in [-0.2, 0) is 4.79 Å². The van der Waals surface area contributed by atoms with Gasteiger partial charge in [0.25, 0.3) is 0 Å². The van der Waals surface area contributed by atoms with E-state index in [2.05, 4.69) is 20.9 Å². The Bertz CT molecular complexity index is 481. The molecule has 0 bridgehead atoms. The summed E-state index contributed by atoms with van der Waals surface area (Å²) in [4.78, 5) is 15.1. The fourth-order valence-corrected chi connectivity index (χ4v) is 2.07. The number of aldehydes is 1. The second-order valence-electron chi connectivity index (χ2n) is 3.76. The van der Waals surface area contributed by atoms with Crippen LogP contribution in [0.2, 0.25) is 0 Å². The molecule has 1 aromatic heterocycles. The van der Waals surface area contributed by atoms with E-state index in [0.717, 1.165) is 22.0 Å². The van der Waals surface area contributed by atoms with Gasteiger partial charge in [0.1, 0.15) is 6.29 Å². The van der Waals surface area contributed by atoms with Crippen LogP contribution in [-0.4, -0.2) is 11.3 Å². The second kappa shape index (κ2) is 5.73. The Morgan fingerprint density at radius 1 is 1.18 bits per heavy atom. The zero-order valence-electron chi connectivity index (χ0n) is 9.21. The number of aromatic nitrogens is 1. The van der Waals surface area contributed by atoms with Crippen molar-refractivity contribution in [2.24, 2.45) is 0 Å². The van der Waals surface area contributed by atoms with Crippen LogP contribution >= 0.6 is 15.9 Å². The maximum Gasteiger partial charge on any atom is 0.120 e. The minimum atomic E-state index is 0.0433. The molecule has 0 N–H and O–H groups in total. The second-order valence-corrected chi connectivity index (χ2v) is 4.68. The summed E-state index contributed by atoms with van der Waals surface area (Å²) in [6.45, 7) is 0. The minimum absolute atomic E-state index is 0.0433. The average Bonchev–Trinajstić information content (AvgIpc) is 2.38. The van der Waals surface area contributed by atoms with Gasteiger partial charge in [-0.05, 0) is 29.8 Å². The monoisotopic (exact) mass is 289 g/mol. The van der Waals surface area contributed by atoms with Crippen LogP contribution in [0.1, 0.15) is 23.6 Å². The van der Waals surface area contributed by atoms with E-state index in [-0.39, 0.29) is 5.92 Å². The van der Waals surface area contributed by atoms with Crippen LogP contribution in [0, 0.1) is 0 Å². The van der Waals surface area contributed by atoms with Crippen molar-refractivity contribution >= 4 is 22.2 Å². The first-order chi connectivity index (χ1) is 8.31. The molecule has 1 heterocycles. The highest BCUT2D eigenvalue weighted by molar-refractivity contribution is 9.10. The molecule has 0 saturated heterocycles. The van der Waals surface area contributed by atoms with E-state index in [9.17, 15) is 4.79 Å². The number of rotatable bonds is 4. The van der Waals surface area contributed by atoms with Gasteiger partial charge in [0.05, 0.1) is 0 Å². The summed E-state index contributed by atoms with van der Waals surface area (Å²) in [6, 6.07) is 13.8. The van der Waals surface area contributed by atoms with Crippen LogP contribution < -0.4 is 0 Å². The predicted molar refractivity (Wildman–Crippen MR) is 70.9 cm³/mol. The van der Waals surface area contributed by atoms with Gasteiger partial charge in [-0.1, -0.05) is 34.1 Å². The highest BCUT2D eigenvalue weighted by Gasteiger charge is 2.14. The van der Waals surface area contributed by atoms with Crippen molar-refractivity contribution in [3.63, 3.8) is 0 Å². The smallest absolute Gasteiger partial charge is 0.120 e. The average molecular weight is 290 g/mol. The number of nitrogens with zero attached hydrogens (tertiary/aromatic N) is 1. The van der Waals surface area contributed by atoms with Gasteiger partial charge in [-0.2, -0.15) is 0 Å². The molecule has 0 aliphatic heterocycles. The fourth-order valence-electron chi connectivity index (χ4n) is 1.80. The third kappa shape index (κ3) is 3.01. The van der Waals surface area contributed by atoms with Crippen LogP contribution in [0.3, 0.4) is 0 Å². The first kappa shape index (κ1) is 12.0. The number of halogens is 1. The normalized spacial score (nSPS) is 12.1. The molecule has 2 rings (SSSR count). The summed E-state index contributed by atoms with van der Waals surface area (Å²) < 4.78 is 1.03. The van der Waals surface area contributed by atoms with Crippen LogP contribution in [0.15, 0.2) is 53.1 Å². The van der Waals surface area contributed by atoms with Gasteiger partial charge < -0.3 is 4.79 Å². The summed E-state index contributed by atoms with van der Waals surface area (Å²) in [7, 11) is 0. The van der Waals surface area contributed by atoms with Crippen molar-refractivity contribution in [3.05, 3.63) is 64.4 Å². The third-order valence-electron chi connectivity index (χ3n) is 2.65. The number of pyridine rings is 1. The Morgan fingerprint density at radius 3 is 2.53 bits per heavy atom. The number of carbonyl (C=O) groups excluding carboxylic acids is 1. The van der Waals surface area contributed by atoms with Gasteiger partial charge in [0, 0.05) is 28.7 Å². The maximum atomic E-state index is 10.8. The molecule has 1 unspecified atom stereocenters. The van der Waals surface area contributed by atoms with E-state index in [1.807, 2.05) is 42.5 Å². The molecule has 0 fully saturated rings. The Labute approximate surface area is 109 Å². The van der Waals surface area contributed by atoms with Crippen molar-refractivity contribution in [2.45, 2.75) is 12.3 Å². The van der Waals surface area contributed by atoms with Crippen molar-refractivity contribution in [1.82, 2.24) is 4.98 Å². The standard InChI is InChI=1S/C14H12BrNO/c15-12-6-4-11(5-7-12)13(8-10-17)14-3-1-2-9-16-14/h1-7,9-10,13H,8H2.